The van der Waals surface area contributed by atoms with Crippen molar-refractivity contribution in [2.75, 3.05) is 19.8 Å². The van der Waals surface area contributed by atoms with E-state index < -0.39 is 30.5 Å². The Hall–Kier alpha value is -2.73. The third kappa shape index (κ3) is 7.91. The van der Waals surface area contributed by atoms with Gasteiger partial charge in [-0.3, -0.25) is 9.48 Å². The number of nitrogens with zero attached hydrogens (tertiary/aromatic N) is 3. The van der Waals surface area contributed by atoms with Crippen LogP contribution in [-0.4, -0.2) is 59.1 Å². The first-order valence-corrected chi connectivity index (χ1v) is 13.4. The van der Waals surface area contributed by atoms with Gasteiger partial charge in [0.2, 0.25) is 0 Å². The lowest BCUT2D eigenvalue weighted by Gasteiger charge is -2.31. The average Bonchev–Trinajstić information content (AvgIpc) is 3.35. The minimum atomic E-state index is -5.04. The van der Waals surface area contributed by atoms with E-state index in [0.29, 0.717) is 43.1 Å². The fourth-order valence-corrected chi connectivity index (χ4v) is 4.83. The highest BCUT2D eigenvalue weighted by Crippen LogP contribution is 2.26. The molecule has 1 fully saturated rings. The number of carbonyl (C=O) groups excluding carboxylic acids is 1. The maximum absolute atomic E-state index is 13.2. The van der Waals surface area contributed by atoms with Crippen molar-refractivity contribution in [3.8, 4) is 0 Å². The van der Waals surface area contributed by atoms with Crippen molar-refractivity contribution in [1.29, 1.82) is 0 Å². The van der Waals surface area contributed by atoms with Crippen LogP contribution in [0.3, 0.4) is 0 Å². The predicted octanol–water partition coefficient (Wildman–Crippen LogP) is 5.39. The van der Waals surface area contributed by atoms with Gasteiger partial charge in [-0.1, -0.05) is 41.9 Å². The number of alkyl halides is 3. The molecular formula is C27H32ClF3N4O4. The Morgan fingerprint density at radius 1 is 1.28 bits per heavy atom. The summed E-state index contributed by atoms with van der Waals surface area (Å²) in [6, 6.07) is 9.08. The van der Waals surface area contributed by atoms with E-state index in [9.17, 15) is 18.0 Å². The maximum atomic E-state index is 13.2. The van der Waals surface area contributed by atoms with Crippen molar-refractivity contribution in [1.82, 2.24) is 20.1 Å². The normalized spacial score (nSPS) is 17.7. The van der Waals surface area contributed by atoms with E-state index in [4.69, 9.17) is 25.8 Å². The number of fused-ring (bicyclic) bond motifs is 1. The van der Waals surface area contributed by atoms with E-state index in [0.717, 1.165) is 29.4 Å². The van der Waals surface area contributed by atoms with Crippen molar-refractivity contribution in [3.05, 3.63) is 59.0 Å². The highest BCUT2D eigenvalue weighted by atomic mass is 35.5. The zero-order chi connectivity index (χ0) is 27.8. The first kappa shape index (κ1) is 29.3. The van der Waals surface area contributed by atoms with Crippen LogP contribution in [0.5, 0.6) is 0 Å². The highest BCUT2D eigenvalue weighted by Gasteiger charge is 2.41. The van der Waals surface area contributed by atoms with Crippen molar-refractivity contribution >= 4 is 28.4 Å². The quantitative estimate of drug-likeness (QED) is 0.233. The van der Waals surface area contributed by atoms with Crippen LogP contribution >= 0.6 is 11.6 Å². The van der Waals surface area contributed by atoms with Crippen molar-refractivity contribution in [2.45, 2.75) is 70.2 Å². The summed E-state index contributed by atoms with van der Waals surface area (Å²) < 4.78 is 59.2. The third-order valence-corrected chi connectivity index (χ3v) is 6.70. The molecule has 1 aliphatic rings. The van der Waals surface area contributed by atoms with Gasteiger partial charge in [-0.05, 0) is 50.7 Å². The number of hydrogen-bond acceptors (Lipinski definition) is 6. The fourth-order valence-electron chi connectivity index (χ4n) is 4.61. The Morgan fingerprint density at radius 2 is 2.08 bits per heavy atom. The molecule has 1 N–H and O–H groups in total. The predicted molar refractivity (Wildman–Crippen MR) is 139 cm³/mol. The van der Waals surface area contributed by atoms with Gasteiger partial charge < -0.3 is 19.5 Å². The molecule has 212 valence electrons. The van der Waals surface area contributed by atoms with Crippen LogP contribution in [0.25, 0.3) is 10.9 Å². The molecular weight excluding hydrogens is 537 g/mol. The second-order valence-corrected chi connectivity index (χ2v) is 9.68. The van der Waals surface area contributed by atoms with Gasteiger partial charge in [0.05, 0.1) is 30.1 Å². The van der Waals surface area contributed by atoms with Crippen molar-refractivity contribution in [2.24, 2.45) is 0 Å². The smallest absolute Gasteiger partial charge is 0.373 e. The number of aromatic nitrogens is 3. The number of aryl methyl sites for hydroxylation is 2. The molecule has 0 bridgehead atoms. The summed E-state index contributed by atoms with van der Waals surface area (Å²) in [5.74, 6) is -2.04. The molecule has 4 rings (SSSR count). The molecule has 0 spiro atoms. The third-order valence-electron chi connectivity index (χ3n) is 6.51. The fraction of sp³-hybridized carbons (Fsp3) is 0.519. The van der Waals surface area contributed by atoms with E-state index >= 15 is 0 Å². The lowest BCUT2D eigenvalue weighted by Crippen LogP contribution is -2.46. The molecule has 0 aliphatic carbocycles. The largest absolute Gasteiger partial charge is 0.471 e. The topological polar surface area (TPSA) is 87.5 Å². The molecule has 1 saturated heterocycles. The van der Waals surface area contributed by atoms with Gasteiger partial charge in [0.15, 0.2) is 6.29 Å². The molecule has 2 aromatic heterocycles. The summed E-state index contributed by atoms with van der Waals surface area (Å²) >= 11 is 6.21. The summed E-state index contributed by atoms with van der Waals surface area (Å²) in [5.41, 5.74) is 2.11. The summed E-state index contributed by atoms with van der Waals surface area (Å²) in [5, 5.41) is 7.72. The van der Waals surface area contributed by atoms with Crippen molar-refractivity contribution < 1.29 is 32.2 Å². The molecule has 1 aromatic carbocycles. The Balaban J connectivity index is 1.50. The van der Waals surface area contributed by atoms with Crippen LogP contribution in [0.15, 0.2) is 42.6 Å². The van der Waals surface area contributed by atoms with Gasteiger partial charge in [0.25, 0.3) is 0 Å². The first-order chi connectivity index (χ1) is 18.8. The number of rotatable bonds is 12. The summed E-state index contributed by atoms with van der Waals surface area (Å²) in [6.45, 7) is 3.31. The molecule has 0 radical (unpaired) electrons. The second-order valence-electron chi connectivity index (χ2n) is 9.29. The Morgan fingerprint density at radius 3 is 2.77 bits per heavy atom. The zero-order valence-electron chi connectivity index (χ0n) is 21.6. The minimum Gasteiger partial charge on any atom is -0.373 e. The van der Waals surface area contributed by atoms with Crippen LogP contribution in [0.4, 0.5) is 13.2 Å². The van der Waals surface area contributed by atoms with E-state index in [1.165, 1.54) is 0 Å². The monoisotopic (exact) mass is 568 g/mol. The Kier molecular flexibility index (Phi) is 10.2. The molecule has 12 heteroatoms. The van der Waals surface area contributed by atoms with Gasteiger partial charge in [-0.25, -0.2) is 4.98 Å². The molecule has 3 heterocycles. The van der Waals surface area contributed by atoms with Gasteiger partial charge in [0.1, 0.15) is 11.3 Å². The van der Waals surface area contributed by atoms with E-state index in [1.54, 1.807) is 42.6 Å². The number of carbonyl (C=O) groups is 1. The number of hydrogen-bond donors (Lipinski definition) is 1. The summed E-state index contributed by atoms with van der Waals surface area (Å²) in [6.07, 6.45) is -1.14. The number of amides is 1. The van der Waals surface area contributed by atoms with Crippen molar-refractivity contribution in [3.63, 3.8) is 0 Å². The summed E-state index contributed by atoms with van der Waals surface area (Å²) in [7, 11) is 0. The number of ether oxygens (including phenoxy) is 3. The van der Waals surface area contributed by atoms with E-state index in [-0.39, 0.29) is 13.2 Å². The molecule has 3 aromatic rings. The Labute approximate surface area is 229 Å². The van der Waals surface area contributed by atoms with Gasteiger partial charge in [0, 0.05) is 25.1 Å². The minimum absolute atomic E-state index is 0.0649. The number of nitrogens with one attached hydrogen (secondary N) is 1. The van der Waals surface area contributed by atoms with Crippen LogP contribution < -0.4 is 5.32 Å². The number of pyridine rings is 1. The molecule has 1 aliphatic heterocycles. The number of halogens is 4. The molecule has 39 heavy (non-hydrogen) atoms. The Bertz CT molecular complexity index is 1220. The zero-order valence-corrected chi connectivity index (χ0v) is 22.4. The van der Waals surface area contributed by atoms with E-state index in [2.05, 4.69) is 15.4 Å². The molecule has 1 amide bonds. The summed E-state index contributed by atoms with van der Waals surface area (Å²) in [4.78, 5) is 16.4. The van der Waals surface area contributed by atoms with Crippen LogP contribution in [-0.2, 0) is 32.0 Å². The van der Waals surface area contributed by atoms with Crippen LogP contribution in [0, 0.1) is 0 Å². The SMILES string of the molecule is CCn1ncc2cc(Cl)nc(CCCOC(COC3CCCCO3)C(NC(=O)C(F)(F)F)c3ccccc3)c21. The maximum Gasteiger partial charge on any atom is 0.471 e. The molecule has 3 atom stereocenters. The molecule has 3 unspecified atom stereocenters. The van der Waals surface area contributed by atoms with Gasteiger partial charge >= 0.3 is 12.1 Å². The lowest BCUT2D eigenvalue weighted by molar-refractivity contribution is -0.187. The van der Waals surface area contributed by atoms with Crippen LogP contribution in [0.1, 0.15) is 49.9 Å². The van der Waals surface area contributed by atoms with Gasteiger partial charge in [-0.2, -0.15) is 18.3 Å². The second kappa shape index (κ2) is 13.6. The highest BCUT2D eigenvalue weighted by molar-refractivity contribution is 6.30. The standard InChI is InChI=1S/C27H32ClF3N4O4/c1-2-35-25-19(16-32-35)15-22(28)33-20(25)11-8-14-37-21(17-39-23-12-6-7-13-38-23)24(18-9-4-3-5-10-18)34-26(36)27(29,30)31/h3-5,9-10,15-16,21,23-24H,2,6-8,11-14,17H2,1H3,(H,34,36). The van der Waals surface area contributed by atoms with Crippen LogP contribution in [0.2, 0.25) is 5.15 Å². The first-order valence-electron chi connectivity index (χ1n) is 13.0. The van der Waals surface area contributed by atoms with Gasteiger partial charge in [-0.15, -0.1) is 0 Å². The lowest BCUT2D eigenvalue weighted by atomic mass is 10.0. The average molecular weight is 569 g/mol. The molecule has 0 saturated carbocycles. The number of benzene rings is 1. The molecule has 8 nitrogen and oxygen atoms in total. The van der Waals surface area contributed by atoms with E-state index in [1.807, 2.05) is 11.6 Å².